The molecule has 2 heteroatoms. The molecule has 0 saturated heterocycles. The molecule has 1 heterocycles. The van der Waals surface area contributed by atoms with Gasteiger partial charge in [-0.25, -0.2) is 0 Å². The van der Waals surface area contributed by atoms with Crippen molar-refractivity contribution in [2.45, 2.75) is 19.3 Å². The van der Waals surface area contributed by atoms with Crippen LogP contribution in [-0.2, 0) is 5.41 Å². The van der Waals surface area contributed by atoms with Crippen LogP contribution < -0.4 is 4.90 Å². The lowest BCUT2D eigenvalue weighted by Crippen LogP contribution is -2.17. The first-order valence-corrected chi connectivity index (χ1v) is 18.5. The highest BCUT2D eigenvalue weighted by atomic mass is 32.1. The molecule has 0 bridgehead atoms. The molecule has 10 rings (SSSR count). The number of nitrogens with zero attached hydrogens (tertiary/aromatic N) is 1. The van der Waals surface area contributed by atoms with Crippen molar-refractivity contribution in [1.82, 2.24) is 0 Å². The van der Waals surface area contributed by atoms with E-state index in [1.165, 1.54) is 81.1 Å². The van der Waals surface area contributed by atoms with Crippen LogP contribution in [0.5, 0.6) is 0 Å². The van der Waals surface area contributed by atoms with E-state index in [1.807, 2.05) is 11.3 Å². The summed E-state index contributed by atoms with van der Waals surface area (Å²) >= 11 is 1.87. The molecule has 242 valence electrons. The Bertz CT molecular complexity index is 2770. The number of fused-ring (bicyclic) bond motifs is 7. The number of rotatable bonds is 5. The van der Waals surface area contributed by atoms with Crippen molar-refractivity contribution < 1.29 is 0 Å². The Morgan fingerprint density at radius 1 is 0.451 bits per heavy atom. The summed E-state index contributed by atoms with van der Waals surface area (Å²) in [6.07, 6.45) is 0. The van der Waals surface area contributed by atoms with Gasteiger partial charge in [0, 0.05) is 42.5 Å². The third kappa shape index (κ3) is 4.75. The van der Waals surface area contributed by atoms with Crippen LogP contribution in [0.25, 0.3) is 64.3 Å². The fourth-order valence-electron chi connectivity index (χ4n) is 8.32. The predicted octanol–water partition coefficient (Wildman–Crippen LogP) is 14.3. The van der Waals surface area contributed by atoms with Crippen molar-refractivity contribution >= 4 is 59.3 Å². The maximum Gasteiger partial charge on any atom is 0.0547 e. The van der Waals surface area contributed by atoms with Crippen LogP contribution in [-0.4, -0.2) is 0 Å². The normalized spacial score (nSPS) is 13.1. The Morgan fingerprint density at radius 2 is 1.10 bits per heavy atom. The molecule has 8 aromatic carbocycles. The van der Waals surface area contributed by atoms with E-state index in [4.69, 9.17) is 0 Å². The van der Waals surface area contributed by atoms with Crippen molar-refractivity contribution in [3.05, 3.63) is 187 Å². The molecule has 1 nitrogen and oxygen atoms in total. The quantitative estimate of drug-likeness (QED) is 0.176. The zero-order valence-electron chi connectivity index (χ0n) is 28.6. The van der Waals surface area contributed by atoms with Gasteiger partial charge in [-0.05, 0) is 92.2 Å². The van der Waals surface area contributed by atoms with Gasteiger partial charge in [0.05, 0.1) is 5.69 Å². The van der Waals surface area contributed by atoms with Crippen molar-refractivity contribution in [1.29, 1.82) is 0 Å². The smallest absolute Gasteiger partial charge is 0.0547 e. The second kappa shape index (κ2) is 11.6. The minimum absolute atomic E-state index is 0.111. The SMILES string of the molecule is CC1(C)c2ccccc2-c2ccc(N(c3ccc4ccccc4c3)c3ccc4sc5ccccc5c4c3-c3ccc(-c4ccccc4)cc3)cc21. The van der Waals surface area contributed by atoms with E-state index in [0.29, 0.717) is 0 Å². The second-order valence-electron chi connectivity index (χ2n) is 14.1. The molecule has 1 aromatic heterocycles. The van der Waals surface area contributed by atoms with Crippen LogP contribution in [0.1, 0.15) is 25.0 Å². The van der Waals surface area contributed by atoms with Gasteiger partial charge < -0.3 is 4.90 Å². The number of hydrogen-bond acceptors (Lipinski definition) is 2. The van der Waals surface area contributed by atoms with E-state index >= 15 is 0 Å². The minimum Gasteiger partial charge on any atom is -0.310 e. The molecule has 0 atom stereocenters. The highest BCUT2D eigenvalue weighted by molar-refractivity contribution is 7.26. The fourth-order valence-corrected chi connectivity index (χ4v) is 9.43. The lowest BCUT2D eigenvalue weighted by Gasteiger charge is -2.30. The first-order valence-electron chi connectivity index (χ1n) is 17.7. The van der Waals surface area contributed by atoms with Crippen LogP contribution in [0.3, 0.4) is 0 Å². The van der Waals surface area contributed by atoms with Gasteiger partial charge in [0.2, 0.25) is 0 Å². The average molecular weight is 670 g/mol. The van der Waals surface area contributed by atoms with Crippen LogP contribution in [0.2, 0.25) is 0 Å². The molecule has 0 unspecified atom stereocenters. The van der Waals surface area contributed by atoms with E-state index in [-0.39, 0.29) is 5.41 Å². The molecule has 1 aliphatic carbocycles. The van der Waals surface area contributed by atoms with Gasteiger partial charge in [-0.1, -0.05) is 147 Å². The van der Waals surface area contributed by atoms with E-state index in [0.717, 1.165) is 11.4 Å². The Hall–Kier alpha value is -5.96. The topological polar surface area (TPSA) is 3.24 Å². The summed E-state index contributed by atoms with van der Waals surface area (Å²) < 4.78 is 2.60. The van der Waals surface area contributed by atoms with Gasteiger partial charge >= 0.3 is 0 Å². The summed E-state index contributed by atoms with van der Waals surface area (Å²) in [5.41, 5.74) is 13.7. The van der Waals surface area contributed by atoms with Crippen LogP contribution in [0, 0.1) is 0 Å². The van der Waals surface area contributed by atoms with E-state index in [1.54, 1.807) is 0 Å². The largest absolute Gasteiger partial charge is 0.310 e. The summed E-state index contributed by atoms with van der Waals surface area (Å²) in [6.45, 7) is 4.73. The number of anilines is 3. The highest BCUT2D eigenvalue weighted by Crippen LogP contribution is 2.53. The lowest BCUT2D eigenvalue weighted by atomic mass is 9.82. The molecule has 0 radical (unpaired) electrons. The Kier molecular flexibility index (Phi) is 6.78. The molecule has 51 heavy (non-hydrogen) atoms. The van der Waals surface area contributed by atoms with Crippen molar-refractivity contribution in [3.63, 3.8) is 0 Å². The monoisotopic (exact) mass is 669 g/mol. The van der Waals surface area contributed by atoms with Crippen LogP contribution in [0.4, 0.5) is 17.1 Å². The van der Waals surface area contributed by atoms with E-state index in [2.05, 4.69) is 195 Å². The summed E-state index contributed by atoms with van der Waals surface area (Å²) in [6, 6.07) is 65.0. The number of hydrogen-bond donors (Lipinski definition) is 0. The molecular weight excluding hydrogens is 635 g/mol. The lowest BCUT2D eigenvalue weighted by molar-refractivity contribution is 0.660. The number of thiophene rings is 1. The molecule has 0 saturated carbocycles. The highest BCUT2D eigenvalue weighted by Gasteiger charge is 2.36. The molecule has 1 aliphatic rings. The first kappa shape index (κ1) is 29.9. The summed E-state index contributed by atoms with van der Waals surface area (Å²) in [5.74, 6) is 0. The van der Waals surface area contributed by atoms with Crippen LogP contribution >= 0.6 is 11.3 Å². The Morgan fingerprint density at radius 3 is 1.96 bits per heavy atom. The Balaban J connectivity index is 1.26. The van der Waals surface area contributed by atoms with Crippen molar-refractivity contribution in [3.8, 4) is 33.4 Å². The standard InChI is InChI=1S/C49H35NS/c1-49(2)42-18-10-8-16-39(42)40-27-26-38(31-43(40)49)50(37-25-24-33-14-6-7-15-36(33)30-37)44-28-29-46-48(41-17-9-11-19-45(41)51-46)47(44)35-22-20-34(21-23-35)32-12-4-3-5-13-32/h3-31H,1-2H3. The molecule has 9 aromatic rings. The van der Waals surface area contributed by atoms with Gasteiger partial charge in [0.1, 0.15) is 0 Å². The van der Waals surface area contributed by atoms with E-state index < -0.39 is 0 Å². The molecule has 0 spiro atoms. The molecule has 0 amide bonds. The molecule has 0 fully saturated rings. The maximum atomic E-state index is 2.50. The van der Waals surface area contributed by atoms with Crippen molar-refractivity contribution in [2.24, 2.45) is 0 Å². The van der Waals surface area contributed by atoms with Gasteiger partial charge in [-0.3, -0.25) is 0 Å². The zero-order valence-corrected chi connectivity index (χ0v) is 29.4. The predicted molar refractivity (Wildman–Crippen MR) is 220 cm³/mol. The average Bonchev–Trinajstić information content (AvgIpc) is 3.67. The van der Waals surface area contributed by atoms with Gasteiger partial charge in [-0.2, -0.15) is 0 Å². The first-order chi connectivity index (χ1) is 25.0. The van der Waals surface area contributed by atoms with Crippen molar-refractivity contribution in [2.75, 3.05) is 4.90 Å². The number of benzene rings is 8. The fraction of sp³-hybridized carbons (Fsp3) is 0.0612. The van der Waals surface area contributed by atoms with Gasteiger partial charge in [0.15, 0.2) is 0 Å². The van der Waals surface area contributed by atoms with Crippen LogP contribution in [0.15, 0.2) is 176 Å². The third-order valence-electron chi connectivity index (χ3n) is 10.9. The zero-order chi connectivity index (χ0) is 34.1. The van der Waals surface area contributed by atoms with Gasteiger partial charge in [-0.15, -0.1) is 11.3 Å². The summed E-state index contributed by atoms with van der Waals surface area (Å²) in [5, 5.41) is 5.07. The molecule has 0 N–H and O–H groups in total. The second-order valence-corrected chi connectivity index (χ2v) is 15.2. The summed E-state index contributed by atoms with van der Waals surface area (Å²) in [7, 11) is 0. The van der Waals surface area contributed by atoms with Gasteiger partial charge in [0.25, 0.3) is 0 Å². The van der Waals surface area contributed by atoms with E-state index in [9.17, 15) is 0 Å². The Labute approximate surface area is 302 Å². The summed E-state index contributed by atoms with van der Waals surface area (Å²) in [4.78, 5) is 2.50. The third-order valence-corrected chi connectivity index (χ3v) is 12.0. The molecule has 0 aliphatic heterocycles. The molecular formula is C49H35NS. The minimum atomic E-state index is -0.111. The maximum absolute atomic E-state index is 2.50.